The van der Waals surface area contributed by atoms with Gasteiger partial charge in [-0.2, -0.15) is 5.48 Å². The number of fused-ring (bicyclic) bond motifs is 1. The van der Waals surface area contributed by atoms with Gasteiger partial charge in [-0.15, -0.1) is 6.58 Å². The van der Waals surface area contributed by atoms with E-state index in [1.54, 1.807) is 0 Å². The van der Waals surface area contributed by atoms with Gasteiger partial charge in [-0.1, -0.05) is 19.4 Å². The molecule has 3 aliphatic carbocycles. The van der Waals surface area contributed by atoms with Gasteiger partial charge in [0, 0.05) is 12.0 Å². The second-order valence-electron chi connectivity index (χ2n) is 9.33. The second-order valence-corrected chi connectivity index (χ2v) is 9.33. The van der Waals surface area contributed by atoms with Gasteiger partial charge >= 0.3 is 0 Å². The van der Waals surface area contributed by atoms with Crippen LogP contribution in [0.2, 0.25) is 0 Å². The Balaban J connectivity index is 1.28. The summed E-state index contributed by atoms with van der Waals surface area (Å²) in [4.78, 5) is 18.5. The number of nitrogens with one attached hydrogen (secondary N) is 3. The lowest BCUT2D eigenvalue weighted by atomic mass is 9.73. The van der Waals surface area contributed by atoms with Crippen molar-refractivity contribution in [2.75, 3.05) is 0 Å². The Hall–Kier alpha value is -0.910. The minimum absolute atomic E-state index is 0.151. The van der Waals surface area contributed by atoms with Crippen molar-refractivity contribution in [1.82, 2.24) is 16.1 Å². The molecule has 3 saturated carbocycles. The molecular weight excluding hydrogens is 338 g/mol. The number of rotatable bonds is 5. The highest BCUT2D eigenvalue weighted by Gasteiger charge is 2.44. The number of hydrogen-bond donors (Lipinski definition) is 3. The summed E-state index contributed by atoms with van der Waals surface area (Å²) < 4.78 is 0. The highest BCUT2D eigenvalue weighted by atomic mass is 16.7. The molecule has 8 atom stereocenters. The van der Waals surface area contributed by atoms with Gasteiger partial charge in [-0.3, -0.25) is 14.9 Å². The van der Waals surface area contributed by atoms with Gasteiger partial charge in [0.15, 0.2) is 0 Å². The second kappa shape index (κ2) is 8.62. The first kappa shape index (κ1) is 19.4. The van der Waals surface area contributed by atoms with E-state index in [9.17, 15) is 4.79 Å². The maximum absolute atomic E-state index is 12.9. The summed E-state index contributed by atoms with van der Waals surface area (Å²) in [7, 11) is 0. The fourth-order valence-corrected chi connectivity index (χ4v) is 6.11. The molecule has 1 amide bonds. The number of carbonyl (C=O) groups is 1. The Labute approximate surface area is 164 Å². The van der Waals surface area contributed by atoms with Crippen LogP contribution in [0.5, 0.6) is 0 Å². The average molecular weight is 376 g/mol. The van der Waals surface area contributed by atoms with Gasteiger partial charge in [0.25, 0.3) is 0 Å². The zero-order valence-electron chi connectivity index (χ0n) is 16.8. The van der Waals surface area contributed by atoms with E-state index in [4.69, 9.17) is 4.84 Å². The maximum atomic E-state index is 12.9. The third-order valence-electron chi connectivity index (χ3n) is 7.74. The molecule has 4 fully saturated rings. The molecular formula is C22H37N3O2. The molecule has 5 nitrogen and oxygen atoms in total. The van der Waals surface area contributed by atoms with Crippen molar-refractivity contribution in [1.29, 1.82) is 0 Å². The summed E-state index contributed by atoms with van der Waals surface area (Å²) in [6.07, 6.45) is 14.0. The van der Waals surface area contributed by atoms with Crippen molar-refractivity contribution in [3.8, 4) is 0 Å². The molecule has 27 heavy (non-hydrogen) atoms. The predicted octanol–water partition coefficient (Wildman–Crippen LogP) is 3.48. The number of carbonyl (C=O) groups excluding carboxylic acids is 1. The number of hydrogen-bond acceptors (Lipinski definition) is 4. The van der Waals surface area contributed by atoms with E-state index in [2.05, 4.69) is 29.6 Å². The monoisotopic (exact) mass is 375 g/mol. The van der Waals surface area contributed by atoms with Crippen LogP contribution >= 0.6 is 0 Å². The Morgan fingerprint density at radius 2 is 2.00 bits per heavy atom. The Morgan fingerprint density at radius 3 is 2.78 bits per heavy atom. The van der Waals surface area contributed by atoms with E-state index in [1.807, 2.05) is 6.08 Å². The van der Waals surface area contributed by atoms with Crippen LogP contribution in [0.3, 0.4) is 0 Å². The molecule has 1 heterocycles. The Bertz CT molecular complexity index is 540. The lowest BCUT2D eigenvalue weighted by Crippen LogP contribution is -2.46. The van der Waals surface area contributed by atoms with E-state index in [-0.39, 0.29) is 12.1 Å². The molecule has 0 spiro atoms. The van der Waals surface area contributed by atoms with Crippen molar-refractivity contribution in [3.05, 3.63) is 12.7 Å². The maximum Gasteiger partial charge on any atom is 0.223 e. The predicted molar refractivity (Wildman–Crippen MR) is 106 cm³/mol. The summed E-state index contributed by atoms with van der Waals surface area (Å²) >= 11 is 0. The van der Waals surface area contributed by atoms with Crippen LogP contribution in [0.15, 0.2) is 12.7 Å². The summed E-state index contributed by atoms with van der Waals surface area (Å²) in [5.41, 5.74) is 3.21. The van der Waals surface area contributed by atoms with Crippen LogP contribution in [0.4, 0.5) is 0 Å². The van der Waals surface area contributed by atoms with Gasteiger partial charge < -0.3 is 5.32 Å². The lowest BCUT2D eigenvalue weighted by Gasteiger charge is -2.37. The van der Waals surface area contributed by atoms with Gasteiger partial charge in [-0.25, -0.2) is 0 Å². The molecule has 152 valence electrons. The third-order valence-corrected chi connectivity index (χ3v) is 7.74. The molecule has 5 heteroatoms. The zero-order valence-corrected chi connectivity index (χ0v) is 16.8. The summed E-state index contributed by atoms with van der Waals surface area (Å²) in [6.45, 7) is 6.08. The molecule has 1 saturated heterocycles. The molecule has 4 aliphatic rings. The molecule has 0 aromatic rings. The Kier molecular flexibility index (Phi) is 6.20. The van der Waals surface area contributed by atoms with Crippen LogP contribution in [0, 0.1) is 29.6 Å². The quantitative estimate of drug-likeness (QED) is 0.644. The van der Waals surface area contributed by atoms with E-state index in [0.717, 1.165) is 38.0 Å². The minimum atomic E-state index is 0.151. The highest BCUT2D eigenvalue weighted by molar-refractivity contribution is 5.79. The standard InChI is InChI=1S/C22H37N3O2/c1-3-14-6-5-7-17(12-14)22(26)23-19-11-9-15-13-16(8-10-18(15)19)21-24-20(4-2)27-25-21/h3,14-21,24-25H,1,4-13H2,2H3,(H,23,26)/t14?,15?,16?,17?,18?,19-,20?,21?/m1/s1. The molecule has 1 aliphatic heterocycles. The normalized spacial score (nSPS) is 44.6. The van der Waals surface area contributed by atoms with Crippen LogP contribution < -0.4 is 16.1 Å². The van der Waals surface area contributed by atoms with E-state index in [1.165, 1.54) is 32.1 Å². The highest BCUT2D eigenvalue weighted by Crippen LogP contribution is 2.45. The fourth-order valence-electron chi connectivity index (χ4n) is 6.11. The lowest BCUT2D eigenvalue weighted by molar-refractivity contribution is -0.127. The van der Waals surface area contributed by atoms with E-state index in [0.29, 0.717) is 35.9 Å². The molecule has 4 rings (SSSR count). The van der Waals surface area contributed by atoms with Crippen molar-refractivity contribution in [2.24, 2.45) is 29.6 Å². The van der Waals surface area contributed by atoms with Crippen molar-refractivity contribution < 1.29 is 9.63 Å². The van der Waals surface area contributed by atoms with Crippen LogP contribution in [0.25, 0.3) is 0 Å². The summed E-state index contributed by atoms with van der Waals surface area (Å²) in [6, 6.07) is 0.400. The third kappa shape index (κ3) is 4.25. The fraction of sp³-hybridized carbons (Fsp3) is 0.864. The van der Waals surface area contributed by atoms with Crippen LogP contribution in [-0.2, 0) is 9.63 Å². The summed E-state index contributed by atoms with van der Waals surface area (Å²) in [5.74, 6) is 3.12. The van der Waals surface area contributed by atoms with Gasteiger partial charge in [0.05, 0.1) is 6.17 Å². The van der Waals surface area contributed by atoms with Crippen molar-refractivity contribution in [3.63, 3.8) is 0 Å². The topological polar surface area (TPSA) is 62.4 Å². The first-order valence-electron chi connectivity index (χ1n) is 11.3. The van der Waals surface area contributed by atoms with Crippen LogP contribution in [-0.4, -0.2) is 24.3 Å². The molecule has 0 radical (unpaired) electrons. The average Bonchev–Trinajstić information content (AvgIpc) is 3.35. The first-order valence-corrected chi connectivity index (χ1v) is 11.3. The van der Waals surface area contributed by atoms with Gasteiger partial charge in [0.1, 0.15) is 6.23 Å². The summed E-state index contributed by atoms with van der Waals surface area (Å²) in [5, 5.41) is 7.04. The molecule has 7 unspecified atom stereocenters. The first-order chi connectivity index (χ1) is 13.2. The molecule has 3 N–H and O–H groups in total. The number of hydroxylamine groups is 1. The van der Waals surface area contributed by atoms with E-state index < -0.39 is 0 Å². The largest absolute Gasteiger partial charge is 0.353 e. The smallest absolute Gasteiger partial charge is 0.223 e. The SMILES string of the molecule is C=CC1CCCC(C(=O)N[C@@H]2CCC3CC(C4NOC(CC)N4)CCC32)C1. The van der Waals surface area contributed by atoms with E-state index >= 15 is 0 Å². The molecule has 0 aromatic carbocycles. The van der Waals surface area contributed by atoms with Crippen molar-refractivity contribution in [2.45, 2.75) is 89.6 Å². The van der Waals surface area contributed by atoms with Gasteiger partial charge in [-0.05, 0) is 81.5 Å². The minimum Gasteiger partial charge on any atom is -0.353 e. The zero-order chi connectivity index (χ0) is 18.8. The Morgan fingerprint density at radius 1 is 1.15 bits per heavy atom. The van der Waals surface area contributed by atoms with Crippen LogP contribution in [0.1, 0.15) is 71.1 Å². The van der Waals surface area contributed by atoms with Gasteiger partial charge in [0.2, 0.25) is 5.91 Å². The number of amides is 1. The van der Waals surface area contributed by atoms with Crippen molar-refractivity contribution >= 4 is 5.91 Å². The molecule has 0 aromatic heterocycles. The molecule has 0 bridgehead atoms. The number of allylic oxidation sites excluding steroid dienone is 1.